The second-order valence-corrected chi connectivity index (χ2v) is 8.08. The van der Waals surface area contributed by atoms with Gasteiger partial charge in [0.15, 0.2) is 5.84 Å². The van der Waals surface area contributed by atoms with E-state index in [-0.39, 0.29) is 22.8 Å². The largest absolute Gasteiger partial charge is 0.573 e. The Hall–Kier alpha value is -4.09. The summed E-state index contributed by atoms with van der Waals surface area (Å²) >= 11 is 0. The summed E-state index contributed by atoms with van der Waals surface area (Å²) in [6.45, 7) is 1.92. The van der Waals surface area contributed by atoms with Crippen LogP contribution in [0, 0.1) is 0 Å². The van der Waals surface area contributed by atoms with Gasteiger partial charge in [0.25, 0.3) is 5.56 Å². The average molecular weight is 506 g/mol. The zero-order valence-electron chi connectivity index (χ0n) is 19.9. The summed E-state index contributed by atoms with van der Waals surface area (Å²) in [6, 6.07) is 5.94. The van der Waals surface area contributed by atoms with Crippen LogP contribution in [0.25, 0.3) is 0 Å². The zero-order chi connectivity index (χ0) is 26.5. The van der Waals surface area contributed by atoms with Gasteiger partial charge in [0.2, 0.25) is 6.41 Å². The number of anilines is 2. The first-order valence-corrected chi connectivity index (χ1v) is 11.0. The van der Waals surface area contributed by atoms with Gasteiger partial charge in [-0.15, -0.1) is 18.3 Å². The Morgan fingerprint density at radius 3 is 2.44 bits per heavy atom. The quantitative estimate of drug-likeness (QED) is 0.197. The molecule has 192 valence electrons. The fraction of sp³-hybridized carbons (Fsp3) is 0.333. The van der Waals surface area contributed by atoms with E-state index in [9.17, 15) is 27.6 Å². The Bertz CT molecular complexity index is 1250. The summed E-state index contributed by atoms with van der Waals surface area (Å²) in [5.74, 6) is -0.890. The number of nitrogens with zero attached hydrogens (tertiary/aromatic N) is 3. The van der Waals surface area contributed by atoms with Gasteiger partial charge in [-0.2, -0.15) is 0 Å². The van der Waals surface area contributed by atoms with Crippen molar-refractivity contribution >= 4 is 29.6 Å². The lowest BCUT2D eigenvalue weighted by atomic mass is 9.92. The number of halogens is 3. The number of pyridine rings is 1. The normalized spacial score (nSPS) is 14.3. The van der Waals surface area contributed by atoms with Gasteiger partial charge in [0.1, 0.15) is 11.4 Å². The van der Waals surface area contributed by atoms with Crippen LogP contribution in [-0.4, -0.2) is 36.3 Å². The molecule has 12 heteroatoms. The molecule has 0 bridgehead atoms. The summed E-state index contributed by atoms with van der Waals surface area (Å²) in [6.07, 6.45) is 0.128. The molecule has 0 radical (unpaired) electrons. The lowest BCUT2D eigenvalue weighted by Crippen LogP contribution is -2.29. The Kier molecular flexibility index (Phi) is 8.18. The van der Waals surface area contributed by atoms with E-state index in [1.54, 1.807) is 0 Å². The van der Waals surface area contributed by atoms with Gasteiger partial charge >= 0.3 is 12.3 Å². The molecular weight excluding hydrogens is 481 g/mol. The topological polar surface area (TPSA) is 102 Å². The third-order valence-electron chi connectivity index (χ3n) is 5.53. The predicted molar refractivity (Wildman–Crippen MR) is 127 cm³/mol. The highest BCUT2D eigenvalue weighted by Crippen LogP contribution is 2.28. The van der Waals surface area contributed by atoms with Crippen molar-refractivity contribution in [2.45, 2.75) is 39.0 Å². The lowest BCUT2D eigenvalue weighted by molar-refractivity contribution is -0.274. The van der Waals surface area contributed by atoms with Crippen LogP contribution in [0.15, 0.2) is 57.6 Å². The molecule has 0 aliphatic heterocycles. The number of hydrazone groups is 1. The summed E-state index contributed by atoms with van der Waals surface area (Å²) in [7, 11) is 2.70. The molecule has 36 heavy (non-hydrogen) atoms. The molecule has 3 rings (SSSR count). The molecular formula is C24H25F3N4O5. The number of benzene rings is 1. The van der Waals surface area contributed by atoms with Crippen LogP contribution >= 0.6 is 0 Å². The number of ether oxygens (including phenoxy) is 2. The van der Waals surface area contributed by atoms with Crippen molar-refractivity contribution in [2.75, 3.05) is 17.4 Å². The van der Waals surface area contributed by atoms with Crippen molar-refractivity contribution in [1.29, 1.82) is 0 Å². The number of methoxy groups -OCH3 is 1. The van der Waals surface area contributed by atoms with Crippen molar-refractivity contribution < 1.29 is 32.2 Å². The highest BCUT2D eigenvalue weighted by atomic mass is 19.4. The van der Waals surface area contributed by atoms with Crippen LogP contribution in [0.1, 0.15) is 43.0 Å². The van der Waals surface area contributed by atoms with Crippen molar-refractivity contribution in [1.82, 2.24) is 4.57 Å². The number of amides is 1. The van der Waals surface area contributed by atoms with Gasteiger partial charge in [-0.05, 0) is 68.5 Å². The molecule has 1 heterocycles. The Labute approximate surface area is 204 Å². The monoisotopic (exact) mass is 506 g/mol. The van der Waals surface area contributed by atoms with Crippen molar-refractivity contribution in [3.05, 3.63) is 63.6 Å². The summed E-state index contributed by atoms with van der Waals surface area (Å²) in [4.78, 5) is 36.8. The molecule has 2 aromatic rings. The van der Waals surface area contributed by atoms with E-state index in [4.69, 9.17) is 4.74 Å². The van der Waals surface area contributed by atoms with Crippen molar-refractivity contribution in [2.24, 2.45) is 12.1 Å². The summed E-state index contributed by atoms with van der Waals surface area (Å²) in [5.41, 5.74) is 1.68. The van der Waals surface area contributed by atoms with Crippen LogP contribution in [0.5, 0.6) is 5.75 Å². The minimum absolute atomic E-state index is 0.0322. The molecule has 1 aromatic heterocycles. The third-order valence-corrected chi connectivity index (χ3v) is 5.53. The number of rotatable bonds is 7. The number of alkyl halides is 3. The number of aromatic nitrogens is 1. The van der Waals surface area contributed by atoms with Gasteiger partial charge in [-0.25, -0.2) is 9.80 Å². The number of carbonyl (C=O) groups excluding carboxylic acids is 2. The number of amidine groups is 1. The minimum Gasteiger partial charge on any atom is -0.465 e. The van der Waals surface area contributed by atoms with Crippen molar-refractivity contribution in [3.63, 3.8) is 0 Å². The van der Waals surface area contributed by atoms with Gasteiger partial charge in [0.05, 0.1) is 18.4 Å². The molecule has 1 aromatic carbocycles. The van der Waals surface area contributed by atoms with Crippen LogP contribution < -0.4 is 20.6 Å². The minimum atomic E-state index is -4.85. The molecule has 0 atom stereocenters. The third kappa shape index (κ3) is 6.52. The first-order valence-electron chi connectivity index (χ1n) is 11.0. The fourth-order valence-electron chi connectivity index (χ4n) is 3.75. The second kappa shape index (κ2) is 11.1. The molecule has 0 fully saturated rings. The molecule has 1 N–H and O–H groups in total. The molecule has 9 nitrogen and oxygen atoms in total. The van der Waals surface area contributed by atoms with E-state index in [2.05, 4.69) is 15.2 Å². The van der Waals surface area contributed by atoms with E-state index in [0.29, 0.717) is 12.8 Å². The number of esters is 1. The van der Waals surface area contributed by atoms with Gasteiger partial charge < -0.3 is 19.4 Å². The van der Waals surface area contributed by atoms with Crippen LogP contribution in [-0.2, 0) is 16.6 Å². The predicted octanol–water partition coefficient (Wildman–Crippen LogP) is 4.35. The van der Waals surface area contributed by atoms with E-state index >= 15 is 0 Å². The maximum Gasteiger partial charge on any atom is 0.573 e. The fourth-order valence-corrected chi connectivity index (χ4v) is 3.75. The van der Waals surface area contributed by atoms with Gasteiger partial charge in [-0.1, -0.05) is 5.57 Å². The number of allylic oxidation sites excluding steroid dienone is 1. The molecule has 0 spiro atoms. The number of carbonyl (C=O) groups is 2. The molecule has 0 saturated carbocycles. The maximum atomic E-state index is 12.8. The number of hydrogen-bond acceptors (Lipinski definition) is 6. The molecule has 1 amide bonds. The lowest BCUT2D eigenvalue weighted by Gasteiger charge is -2.22. The molecule has 1 aliphatic rings. The van der Waals surface area contributed by atoms with E-state index in [0.717, 1.165) is 47.6 Å². The Balaban J connectivity index is 2.05. The van der Waals surface area contributed by atoms with Crippen LogP contribution in [0.2, 0.25) is 0 Å². The maximum absolute atomic E-state index is 12.8. The first kappa shape index (κ1) is 26.5. The van der Waals surface area contributed by atoms with Gasteiger partial charge in [0, 0.05) is 13.2 Å². The molecule has 1 aliphatic carbocycles. The van der Waals surface area contributed by atoms with Gasteiger partial charge in [-0.3, -0.25) is 9.59 Å². The summed E-state index contributed by atoms with van der Waals surface area (Å²) in [5, 5.41) is 8.28. The van der Waals surface area contributed by atoms with E-state index < -0.39 is 23.6 Å². The molecule has 0 saturated heterocycles. The average Bonchev–Trinajstić information content (AvgIpc) is 2.83. The highest BCUT2D eigenvalue weighted by Gasteiger charge is 2.31. The summed E-state index contributed by atoms with van der Waals surface area (Å²) < 4.78 is 47.2. The smallest absolute Gasteiger partial charge is 0.465 e. The van der Waals surface area contributed by atoms with E-state index in [1.807, 2.05) is 6.92 Å². The first-order chi connectivity index (χ1) is 17.0. The van der Waals surface area contributed by atoms with Crippen LogP contribution in [0.3, 0.4) is 0 Å². The van der Waals surface area contributed by atoms with E-state index in [1.165, 1.54) is 43.1 Å². The number of nitrogens with one attached hydrogen (secondary N) is 1. The Morgan fingerprint density at radius 2 is 1.86 bits per heavy atom. The zero-order valence-corrected chi connectivity index (χ0v) is 19.9. The highest BCUT2D eigenvalue weighted by molar-refractivity contribution is 6.09. The Morgan fingerprint density at radius 1 is 1.19 bits per heavy atom. The molecule has 0 unspecified atom stereocenters. The van der Waals surface area contributed by atoms with Crippen LogP contribution in [0.4, 0.5) is 24.5 Å². The van der Waals surface area contributed by atoms with Crippen molar-refractivity contribution in [3.8, 4) is 5.75 Å². The standard InChI is InChI=1S/C24H25F3N4O5/c1-15-6-4-5-7-19(15)21(28-20-12-16(23(34)35-3)13-30(2)22(20)33)29-31(14-32)17-8-10-18(11-9-17)36-24(25,26)27/h8-14H,4-7H2,1-3H3,(H,28,29). The number of hydrogen-bond donors (Lipinski definition) is 1. The number of aryl methyl sites for hydroxylation is 1. The SMILES string of the molecule is COC(=O)c1cc(N/C(=N/N(C=O)c2ccc(OC(F)(F)F)cc2)C2=C(C)CCCC2)c(=O)n(C)c1. The second-order valence-electron chi connectivity index (χ2n) is 8.08.